The minimum atomic E-state index is -0.621. The highest BCUT2D eigenvalue weighted by Gasteiger charge is 2.41. The fourth-order valence-electron chi connectivity index (χ4n) is 3.26. The van der Waals surface area contributed by atoms with Gasteiger partial charge in [-0.15, -0.1) is 0 Å². The number of aromatic nitrogens is 1. The number of ether oxygens (including phenoxy) is 1. The number of piperidine rings is 1. The van der Waals surface area contributed by atoms with Crippen molar-refractivity contribution in [2.75, 3.05) is 26.8 Å². The fraction of sp³-hybridized carbons (Fsp3) is 0.588. The maximum atomic E-state index is 12.1. The Kier molecular flexibility index (Phi) is 6.10. The number of rotatable bonds is 7. The van der Waals surface area contributed by atoms with Crippen molar-refractivity contribution in [2.24, 2.45) is 11.1 Å². The monoisotopic (exact) mass is 319 g/mol. The third kappa shape index (κ3) is 4.51. The lowest BCUT2D eigenvalue weighted by Crippen LogP contribution is -2.52. The normalized spacial score (nSPS) is 21.2. The number of primary amides is 1. The lowest BCUT2D eigenvalue weighted by Gasteiger charge is -2.40. The minimum Gasteiger partial charge on any atom is -0.375 e. The van der Waals surface area contributed by atoms with Crippen molar-refractivity contribution < 1.29 is 14.3 Å². The highest BCUT2D eigenvalue weighted by molar-refractivity contribution is 5.83. The third-order valence-corrected chi connectivity index (χ3v) is 4.56. The van der Waals surface area contributed by atoms with Crippen LogP contribution in [0.4, 0.5) is 0 Å². The molecule has 0 aliphatic carbocycles. The van der Waals surface area contributed by atoms with E-state index >= 15 is 0 Å². The van der Waals surface area contributed by atoms with E-state index in [4.69, 9.17) is 10.5 Å². The van der Waals surface area contributed by atoms with Crippen LogP contribution in [0.5, 0.6) is 0 Å². The molecule has 1 aliphatic heterocycles. The average Bonchev–Trinajstić information content (AvgIpc) is 2.56. The van der Waals surface area contributed by atoms with Crippen LogP contribution in [0.2, 0.25) is 0 Å². The molecule has 0 bridgehead atoms. The molecule has 0 saturated carbocycles. The predicted octanol–water partition coefficient (Wildman–Crippen LogP) is 1.14. The Bertz CT molecular complexity index is 535. The van der Waals surface area contributed by atoms with Crippen LogP contribution in [-0.2, 0) is 20.7 Å². The van der Waals surface area contributed by atoms with Gasteiger partial charge in [0.05, 0.1) is 5.41 Å². The van der Waals surface area contributed by atoms with E-state index in [9.17, 15) is 9.59 Å². The number of methoxy groups -OCH3 is 1. The van der Waals surface area contributed by atoms with Crippen molar-refractivity contribution in [1.82, 2.24) is 9.88 Å². The quantitative estimate of drug-likeness (QED) is 0.817. The Balaban J connectivity index is 1.98. The second kappa shape index (κ2) is 8.06. The Morgan fingerprint density at radius 3 is 2.96 bits per heavy atom. The molecule has 1 unspecified atom stereocenters. The van der Waals surface area contributed by atoms with Gasteiger partial charge in [-0.05, 0) is 43.7 Å². The number of nitrogens with zero attached hydrogens (tertiary/aromatic N) is 2. The Hall–Kier alpha value is -1.95. The van der Waals surface area contributed by atoms with Crippen LogP contribution >= 0.6 is 0 Å². The standard InChI is InChI=1S/C17H25N3O3/c1-23-12-15(21)20-10-4-8-17(13-20,16(18)22)7-2-5-14-6-3-9-19-11-14/h3,6,9,11H,2,4-5,7-8,10,12-13H2,1H3,(H2,18,22). The summed E-state index contributed by atoms with van der Waals surface area (Å²) in [4.78, 5) is 29.9. The van der Waals surface area contributed by atoms with E-state index in [1.165, 1.54) is 7.11 Å². The van der Waals surface area contributed by atoms with Gasteiger partial charge in [-0.3, -0.25) is 14.6 Å². The number of pyridine rings is 1. The van der Waals surface area contributed by atoms with E-state index in [0.29, 0.717) is 19.5 Å². The van der Waals surface area contributed by atoms with Crippen LogP contribution in [0.1, 0.15) is 31.2 Å². The van der Waals surface area contributed by atoms with Crippen LogP contribution in [0.25, 0.3) is 0 Å². The van der Waals surface area contributed by atoms with Gasteiger partial charge in [0.15, 0.2) is 0 Å². The first kappa shape index (κ1) is 17.4. The molecule has 1 aromatic rings. The lowest BCUT2D eigenvalue weighted by atomic mass is 9.75. The van der Waals surface area contributed by atoms with Gasteiger partial charge in [0, 0.05) is 32.6 Å². The molecule has 1 aliphatic rings. The maximum absolute atomic E-state index is 12.1. The van der Waals surface area contributed by atoms with Crippen molar-refractivity contribution in [3.8, 4) is 0 Å². The van der Waals surface area contributed by atoms with Gasteiger partial charge in [0.1, 0.15) is 6.61 Å². The summed E-state index contributed by atoms with van der Waals surface area (Å²) in [6.07, 6.45) is 7.52. The zero-order valence-electron chi connectivity index (χ0n) is 13.7. The van der Waals surface area contributed by atoms with E-state index in [-0.39, 0.29) is 18.4 Å². The number of nitrogens with two attached hydrogens (primary N) is 1. The van der Waals surface area contributed by atoms with Gasteiger partial charge in [0.2, 0.25) is 11.8 Å². The predicted molar refractivity (Wildman–Crippen MR) is 86.5 cm³/mol. The van der Waals surface area contributed by atoms with Crippen molar-refractivity contribution in [3.63, 3.8) is 0 Å². The summed E-state index contributed by atoms with van der Waals surface area (Å²) >= 11 is 0. The molecule has 2 heterocycles. The van der Waals surface area contributed by atoms with E-state index in [1.54, 1.807) is 11.1 Å². The Morgan fingerprint density at radius 2 is 2.30 bits per heavy atom. The number of amides is 2. The summed E-state index contributed by atoms with van der Waals surface area (Å²) in [7, 11) is 1.50. The average molecular weight is 319 g/mol. The first-order valence-corrected chi connectivity index (χ1v) is 8.03. The summed E-state index contributed by atoms with van der Waals surface area (Å²) in [5.41, 5.74) is 6.22. The van der Waals surface area contributed by atoms with E-state index in [0.717, 1.165) is 31.2 Å². The fourth-order valence-corrected chi connectivity index (χ4v) is 3.26. The smallest absolute Gasteiger partial charge is 0.248 e. The van der Waals surface area contributed by atoms with Crippen LogP contribution in [0.15, 0.2) is 24.5 Å². The van der Waals surface area contributed by atoms with Crippen LogP contribution in [-0.4, -0.2) is 48.5 Å². The molecule has 1 atom stereocenters. The summed E-state index contributed by atoms with van der Waals surface area (Å²) in [5, 5.41) is 0. The van der Waals surface area contributed by atoms with Crippen molar-refractivity contribution in [1.29, 1.82) is 0 Å². The third-order valence-electron chi connectivity index (χ3n) is 4.56. The summed E-state index contributed by atoms with van der Waals surface area (Å²) < 4.78 is 4.91. The summed E-state index contributed by atoms with van der Waals surface area (Å²) in [6.45, 7) is 1.11. The number of hydrogen-bond acceptors (Lipinski definition) is 4. The van der Waals surface area contributed by atoms with Crippen LogP contribution in [0.3, 0.4) is 0 Å². The van der Waals surface area contributed by atoms with E-state index in [2.05, 4.69) is 4.98 Å². The van der Waals surface area contributed by atoms with Gasteiger partial charge in [-0.1, -0.05) is 6.07 Å². The molecule has 6 nitrogen and oxygen atoms in total. The topological polar surface area (TPSA) is 85.5 Å². The molecule has 0 spiro atoms. The zero-order chi connectivity index (χ0) is 16.7. The summed E-state index contributed by atoms with van der Waals surface area (Å²) in [6, 6.07) is 3.93. The first-order chi connectivity index (χ1) is 11.1. The molecule has 23 heavy (non-hydrogen) atoms. The Labute approximate surface area is 137 Å². The van der Waals surface area contributed by atoms with Gasteiger partial charge >= 0.3 is 0 Å². The molecule has 2 N–H and O–H groups in total. The number of hydrogen-bond donors (Lipinski definition) is 1. The van der Waals surface area contributed by atoms with E-state index < -0.39 is 5.41 Å². The zero-order valence-corrected chi connectivity index (χ0v) is 13.7. The van der Waals surface area contributed by atoms with Gasteiger partial charge in [0.25, 0.3) is 0 Å². The van der Waals surface area contributed by atoms with Crippen molar-refractivity contribution in [2.45, 2.75) is 32.1 Å². The SMILES string of the molecule is COCC(=O)N1CCCC(CCCc2cccnc2)(C(N)=O)C1. The number of aryl methyl sites for hydroxylation is 1. The maximum Gasteiger partial charge on any atom is 0.248 e. The molecule has 126 valence electrons. The van der Waals surface area contributed by atoms with Gasteiger partial charge in [-0.2, -0.15) is 0 Å². The molecular weight excluding hydrogens is 294 g/mol. The molecule has 2 rings (SSSR count). The first-order valence-electron chi connectivity index (χ1n) is 8.03. The number of carbonyl (C=O) groups excluding carboxylic acids is 2. The second-order valence-electron chi connectivity index (χ2n) is 6.21. The van der Waals surface area contributed by atoms with Crippen molar-refractivity contribution >= 4 is 11.8 Å². The minimum absolute atomic E-state index is 0.0462. The van der Waals surface area contributed by atoms with Crippen molar-refractivity contribution in [3.05, 3.63) is 30.1 Å². The molecule has 1 fully saturated rings. The van der Waals surface area contributed by atoms with Gasteiger partial charge in [-0.25, -0.2) is 0 Å². The molecule has 1 aromatic heterocycles. The molecule has 0 aromatic carbocycles. The molecule has 0 radical (unpaired) electrons. The highest BCUT2D eigenvalue weighted by atomic mass is 16.5. The largest absolute Gasteiger partial charge is 0.375 e. The van der Waals surface area contributed by atoms with Gasteiger partial charge < -0.3 is 15.4 Å². The molecular formula is C17H25N3O3. The summed E-state index contributed by atoms with van der Waals surface area (Å²) in [5.74, 6) is -0.385. The second-order valence-corrected chi connectivity index (χ2v) is 6.21. The Morgan fingerprint density at radius 1 is 1.48 bits per heavy atom. The lowest BCUT2D eigenvalue weighted by molar-refractivity contribution is -0.143. The van der Waals surface area contributed by atoms with E-state index in [1.807, 2.05) is 18.3 Å². The molecule has 6 heteroatoms. The molecule has 2 amide bonds. The van der Waals surface area contributed by atoms with Crippen LogP contribution < -0.4 is 5.73 Å². The number of likely N-dealkylation sites (tertiary alicyclic amines) is 1. The van der Waals surface area contributed by atoms with Crippen LogP contribution in [0, 0.1) is 5.41 Å². The molecule has 1 saturated heterocycles. The highest BCUT2D eigenvalue weighted by Crippen LogP contribution is 2.35. The number of carbonyl (C=O) groups is 2.